The van der Waals surface area contributed by atoms with E-state index >= 15 is 0 Å². The van der Waals surface area contributed by atoms with Crippen LogP contribution in [0.4, 0.5) is 13.2 Å². The predicted octanol–water partition coefficient (Wildman–Crippen LogP) is 2.81. The van der Waals surface area contributed by atoms with E-state index in [1.54, 1.807) is 6.20 Å². The Kier molecular flexibility index (Phi) is 3.81. The quantitative estimate of drug-likeness (QED) is 0.906. The summed E-state index contributed by atoms with van der Waals surface area (Å²) in [5.74, 6) is 0.445. The van der Waals surface area contributed by atoms with Crippen LogP contribution in [0, 0.1) is 0 Å². The zero-order valence-electron chi connectivity index (χ0n) is 12.4. The van der Waals surface area contributed by atoms with E-state index in [1.165, 1.54) is 24.3 Å². The van der Waals surface area contributed by atoms with Crippen molar-refractivity contribution in [2.45, 2.75) is 24.7 Å². The smallest absolute Gasteiger partial charge is 0.406 e. The van der Waals surface area contributed by atoms with Crippen LogP contribution in [0.3, 0.4) is 0 Å². The molecule has 1 aliphatic rings. The van der Waals surface area contributed by atoms with E-state index in [-0.39, 0.29) is 11.7 Å². The van der Waals surface area contributed by atoms with Crippen LogP contribution in [0.1, 0.15) is 18.7 Å². The summed E-state index contributed by atoms with van der Waals surface area (Å²) in [5.41, 5.74) is 7.18. The van der Waals surface area contributed by atoms with Gasteiger partial charge in [0.15, 0.2) is 0 Å². The highest BCUT2D eigenvalue weighted by molar-refractivity contribution is 5.59. The number of rotatable bonds is 4. The standard InChI is InChI=1S/C15H16F3N3O2/c1-9(14(19)7-22-8-14)13-20-6-12(21-13)10-2-4-11(5-3-10)23-15(16,17)18/h2-6,9H,7-8,19H2,1H3,(H,20,21)/t9-/m1/s1. The van der Waals surface area contributed by atoms with Crippen molar-refractivity contribution in [3.05, 3.63) is 36.3 Å². The molecule has 1 saturated heterocycles. The lowest BCUT2D eigenvalue weighted by Crippen LogP contribution is -2.60. The normalized spacial score (nSPS) is 18.3. The molecule has 0 saturated carbocycles. The largest absolute Gasteiger partial charge is 0.573 e. The van der Waals surface area contributed by atoms with Gasteiger partial charge in [0.05, 0.1) is 30.6 Å². The van der Waals surface area contributed by atoms with Crippen molar-refractivity contribution in [3.8, 4) is 17.0 Å². The maximum absolute atomic E-state index is 12.1. The number of hydrogen-bond acceptors (Lipinski definition) is 4. The summed E-state index contributed by atoms with van der Waals surface area (Å²) in [7, 11) is 0. The molecule has 0 unspecified atom stereocenters. The van der Waals surface area contributed by atoms with Gasteiger partial charge in [0, 0.05) is 5.92 Å². The molecular formula is C15H16F3N3O2. The van der Waals surface area contributed by atoms with Gasteiger partial charge in [-0.1, -0.05) is 6.92 Å². The minimum atomic E-state index is -4.70. The summed E-state index contributed by atoms with van der Waals surface area (Å²) in [6.07, 6.45) is -3.06. The van der Waals surface area contributed by atoms with Crippen molar-refractivity contribution >= 4 is 0 Å². The molecule has 0 aliphatic carbocycles. The maximum Gasteiger partial charge on any atom is 0.573 e. The lowest BCUT2D eigenvalue weighted by molar-refractivity contribution is -0.274. The summed E-state index contributed by atoms with van der Waals surface area (Å²) < 4.78 is 45.4. The molecule has 124 valence electrons. The topological polar surface area (TPSA) is 73.2 Å². The Hall–Kier alpha value is -2.06. The fraction of sp³-hybridized carbons (Fsp3) is 0.400. The number of aromatic amines is 1. The molecule has 0 spiro atoms. The van der Waals surface area contributed by atoms with Gasteiger partial charge in [0.2, 0.25) is 0 Å². The lowest BCUT2D eigenvalue weighted by Gasteiger charge is -2.41. The first-order valence-electron chi connectivity index (χ1n) is 7.04. The van der Waals surface area contributed by atoms with Gasteiger partial charge in [0.1, 0.15) is 11.6 Å². The molecule has 2 aromatic rings. The molecule has 1 fully saturated rings. The number of halogens is 3. The van der Waals surface area contributed by atoms with E-state index in [0.717, 1.165) is 5.82 Å². The van der Waals surface area contributed by atoms with E-state index in [1.807, 2.05) is 6.92 Å². The van der Waals surface area contributed by atoms with E-state index in [0.29, 0.717) is 24.5 Å². The van der Waals surface area contributed by atoms with Crippen molar-refractivity contribution < 1.29 is 22.6 Å². The second-order valence-electron chi connectivity index (χ2n) is 5.70. The van der Waals surface area contributed by atoms with Crippen molar-refractivity contribution in [2.75, 3.05) is 13.2 Å². The van der Waals surface area contributed by atoms with Gasteiger partial charge >= 0.3 is 6.36 Å². The zero-order valence-corrected chi connectivity index (χ0v) is 12.4. The molecule has 1 aliphatic heterocycles. The highest BCUT2D eigenvalue weighted by Gasteiger charge is 2.41. The summed E-state index contributed by atoms with van der Waals surface area (Å²) >= 11 is 0. The fourth-order valence-corrected chi connectivity index (χ4v) is 2.40. The third kappa shape index (κ3) is 3.32. The molecule has 2 heterocycles. The van der Waals surface area contributed by atoms with Gasteiger partial charge in [0.25, 0.3) is 0 Å². The predicted molar refractivity (Wildman–Crippen MR) is 76.9 cm³/mol. The zero-order chi connectivity index (χ0) is 16.7. The summed E-state index contributed by atoms with van der Waals surface area (Å²) in [4.78, 5) is 7.48. The Morgan fingerprint density at radius 3 is 2.48 bits per heavy atom. The van der Waals surface area contributed by atoms with Crippen LogP contribution >= 0.6 is 0 Å². The number of H-pyrrole nitrogens is 1. The number of aromatic nitrogens is 2. The summed E-state index contributed by atoms with van der Waals surface area (Å²) in [6, 6.07) is 5.59. The van der Waals surface area contributed by atoms with Crippen LogP contribution in [-0.2, 0) is 4.74 Å². The minimum absolute atomic E-state index is 0.0159. The van der Waals surface area contributed by atoms with Crippen LogP contribution in [0.2, 0.25) is 0 Å². The molecule has 0 amide bonds. The van der Waals surface area contributed by atoms with Crippen LogP contribution in [0.25, 0.3) is 11.3 Å². The molecule has 5 nitrogen and oxygen atoms in total. The first kappa shape index (κ1) is 15.8. The van der Waals surface area contributed by atoms with Crippen molar-refractivity contribution in [3.63, 3.8) is 0 Å². The molecule has 1 atom stereocenters. The Morgan fingerprint density at radius 2 is 1.96 bits per heavy atom. The number of ether oxygens (including phenoxy) is 2. The summed E-state index contributed by atoms with van der Waals surface area (Å²) in [6.45, 7) is 2.92. The molecule has 3 rings (SSSR count). The molecule has 3 N–H and O–H groups in total. The van der Waals surface area contributed by atoms with Gasteiger partial charge < -0.3 is 20.2 Å². The van der Waals surface area contributed by atoms with Crippen molar-refractivity contribution in [1.82, 2.24) is 9.97 Å². The number of benzene rings is 1. The highest BCUT2D eigenvalue weighted by atomic mass is 19.4. The first-order valence-corrected chi connectivity index (χ1v) is 7.04. The minimum Gasteiger partial charge on any atom is -0.406 e. The number of nitrogens with zero attached hydrogens (tertiary/aromatic N) is 1. The molecule has 8 heteroatoms. The second-order valence-corrected chi connectivity index (χ2v) is 5.70. The molecule has 0 bridgehead atoms. The SMILES string of the molecule is C[C@H](c1ncc(-c2ccc(OC(F)(F)F)cc2)[nH]1)C1(N)COC1. The third-order valence-corrected chi connectivity index (χ3v) is 4.01. The van der Waals surface area contributed by atoms with E-state index < -0.39 is 11.9 Å². The van der Waals surface area contributed by atoms with Crippen LogP contribution in [0.5, 0.6) is 5.75 Å². The average molecular weight is 327 g/mol. The number of hydrogen-bond donors (Lipinski definition) is 2. The highest BCUT2D eigenvalue weighted by Crippen LogP contribution is 2.32. The van der Waals surface area contributed by atoms with Crippen molar-refractivity contribution in [2.24, 2.45) is 5.73 Å². The van der Waals surface area contributed by atoms with Gasteiger partial charge in [-0.2, -0.15) is 0 Å². The monoisotopic (exact) mass is 327 g/mol. The molecule has 1 aromatic carbocycles. The maximum atomic E-state index is 12.1. The Bertz CT molecular complexity index is 678. The summed E-state index contributed by atoms with van der Waals surface area (Å²) in [5, 5.41) is 0. The molecular weight excluding hydrogens is 311 g/mol. The van der Waals surface area contributed by atoms with Crippen LogP contribution in [0.15, 0.2) is 30.5 Å². The Balaban J connectivity index is 1.75. The number of imidazole rings is 1. The van der Waals surface area contributed by atoms with E-state index in [4.69, 9.17) is 10.5 Å². The van der Waals surface area contributed by atoms with E-state index in [2.05, 4.69) is 14.7 Å². The molecule has 1 aromatic heterocycles. The molecule has 0 radical (unpaired) electrons. The van der Waals surface area contributed by atoms with E-state index in [9.17, 15) is 13.2 Å². The van der Waals surface area contributed by atoms with Gasteiger partial charge in [-0.05, 0) is 29.8 Å². The Labute approximate surface area is 130 Å². The van der Waals surface area contributed by atoms with Gasteiger partial charge in [-0.15, -0.1) is 13.2 Å². The lowest BCUT2D eigenvalue weighted by atomic mass is 9.84. The fourth-order valence-electron chi connectivity index (χ4n) is 2.40. The van der Waals surface area contributed by atoms with Crippen molar-refractivity contribution in [1.29, 1.82) is 0 Å². The van der Waals surface area contributed by atoms with Crippen LogP contribution in [-0.4, -0.2) is 35.1 Å². The number of nitrogens with two attached hydrogens (primary N) is 1. The second kappa shape index (κ2) is 5.54. The molecule has 23 heavy (non-hydrogen) atoms. The third-order valence-electron chi connectivity index (χ3n) is 4.01. The van der Waals surface area contributed by atoms with Crippen LogP contribution < -0.4 is 10.5 Å². The first-order chi connectivity index (χ1) is 10.8. The number of alkyl halides is 3. The van der Waals surface area contributed by atoms with Gasteiger partial charge in [-0.3, -0.25) is 0 Å². The number of nitrogens with one attached hydrogen (secondary N) is 1. The average Bonchev–Trinajstić information content (AvgIpc) is 2.93. The van der Waals surface area contributed by atoms with Gasteiger partial charge in [-0.25, -0.2) is 4.98 Å². The Morgan fingerprint density at radius 1 is 1.30 bits per heavy atom.